The van der Waals surface area contributed by atoms with Crippen LogP contribution in [0.2, 0.25) is 0 Å². The number of nitrogens with one attached hydrogen (secondary N) is 1. The van der Waals surface area contributed by atoms with E-state index in [1.54, 1.807) is 12.4 Å². The quantitative estimate of drug-likeness (QED) is 0.769. The molecule has 1 unspecified atom stereocenters. The molecule has 0 saturated heterocycles. The van der Waals surface area contributed by atoms with Crippen molar-refractivity contribution in [3.8, 4) is 0 Å². The summed E-state index contributed by atoms with van der Waals surface area (Å²) in [6.07, 6.45) is 5.64. The van der Waals surface area contributed by atoms with Crippen LogP contribution in [0.25, 0.3) is 0 Å². The van der Waals surface area contributed by atoms with Crippen LogP contribution < -0.4 is 5.32 Å². The molecule has 1 aromatic rings. The number of hydrogen-bond acceptors (Lipinski definition) is 3. The van der Waals surface area contributed by atoms with Gasteiger partial charge in [-0.15, -0.1) is 0 Å². The van der Waals surface area contributed by atoms with Crippen molar-refractivity contribution in [3.63, 3.8) is 0 Å². The Morgan fingerprint density at radius 3 is 2.69 bits per heavy atom. The van der Waals surface area contributed by atoms with Gasteiger partial charge in [-0.25, -0.2) is 4.98 Å². The van der Waals surface area contributed by atoms with Crippen LogP contribution in [0.15, 0.2) is 12.4 Å². The van der Waals surface area contributed by atoms with Crippen LogP contribution >= 0.6 is 0 Å². The molecule has 1 aromatic heterocycles. The van der Waals surface area contributed by atoms with Crippen LogP contribution in [-0.4, -0.2) is 17.0 Å². The summed E-state index contributed by atoms with van der Waals surface area (Å²) in [5.41, 5.74) is 1.07. The number of aromatic nitrogens is 2. The largest absolute Gasteiger partial charge is 0.372 e. The van der Waals surface area contributed by atoms with E-state index >= 15 is 0 Å². The van der Waals surface area contributed by atoms with Crippen LogP contribution in [0.1, 0.15) is 26.0 Å². The average molecular weight is 179 g/mol. The van der Waals surface area contributed by atoms with Crippen LogP contribution in [0.4, 0.5) is 5.82 Å². The Labute approximate surface area is 79.6 Å². The van der Waals surface area contributed by atoms with E-state index in [0.29, 0.717) is 5.92 Å². The zero-order valence-corrected chi connectivity index (χ0v) is 8.54. The third kappa shape index (κ3) is 2.68. The molecular formula is C10H17N3. The first-order chi connectivity index (χ1) is 6.27. The Hall–Kier alpha value is -1.12. The lowest BCUT2D eigenvalue weighted by Crippen LogP contribution is -2.05. The summed E-state index contributed by atoms with van der Waals surface area (Å²) in [6, 6.07) is 0. The van der Waals surface area contributed by atoms with Gasteiger partial charge in [-0.1, -0.05) is 20.3 Å². The summed E-state index contributed by atoms with van der Waals surface area (Å²) in [6.45, 7) is 4.42. The summed E-state index contributed by atoms with van der Waals surface area (Å²) in [7, 11) is 1.88. The fraction of sp³-hybridized carbons (Fsp3) is 0.600. The first-order valence-corrected chi connectivity index (χ1v) is 4.75. The monoisotopic (exact) mass is 179 g/mol. The second kappa shape index (κ2) is 4.80. The summed E-state index contributed by atoms with van der Waals surface area (Å²) in [4.78, 5) is 8.52. The van der Waals surface area contributed by atoms with Gasteiger partial charge in [0.05, 0.1) is 5.69 Å². The van der Waals surface area contributed by atoms with Gasteiger partial charge in [-0.3, -0.25) is 4.98 Å². The minimum atomic E-state index is 0.670. The molecule has 0 saturated carbocycles. The summed E-state index contributed by atoms with van der Waals surface area (Å²) < 4.78 is 0. The van der Waals surface area contributed by atoms with E-state index in [1.807, 2.05) is 7.05 Å². The van der Waals surface area contributed by atoms with Crippen molar-refractivity contribution < 1.29 is 0 Å². The minimum Gasteiger partial charge on any atom is -0.372 e. The predicted molar refractivity (Wildman–Crippen MR) is 54.7 cm³/mol. The van der Waals surface area contributed by atoms with E-state index < -0.39 is 0 Å². The molecule has 13 heavy (non-hydrogen) atoms. The maximum absolute atomic E-state index is 4.31. The molecule has 1 rings (SSSR count). The minimum absolute atomic E-state index is 0.670. The average Bonchev–Trinajstić information content (AvgIpc) is 2.18. The molecule has 0 aliphatic carbocycles. The van der Waals surface area contributed by atoms with Gasteiger partial charge in [0.1, 0.15) is 5.82 Å². The smallest absolute Gasteiger partial charge is 0.147 e. The van der Waals surface area contributed by atoms with Crippen molar-refractivity contribution in [2.24, 2.45) is 5.92 Å². The van der Waals surface area contributed by atoms with Gasteiger partial charge in [0.2, 0.25) is 0 Å². The second-order valence-electron chi connectivity index (χ2n) is 3.32. The Bertz CT molecular complexity index is 260. The highest BCUT2D eigenvalue weighted by Crippen LogP contribution is 2.14. The summed E-state index contributed by atoms with van der Waals surface area (Å²) in [5, 5.41) is 3.05. The summed E-state index contributed by atoms with van der Waals surface area (Å²) in [5.74, 6) is 1.58. The number of rotatable bonds is 4. The van der Waals surface area contributed by atoms with Crippen molar-refractivity contribution >= 4 is 5.82 Å². The second-order valence-corrected chi connectivity index (χ2v) is 3.32. The van der Waals surface area contributed by atoms with Crippen molar-refractivity contribution in [2.75, 3.05) is 12.4 Å². The molecule has 0 aliphatic rings. The van der Waals surface area contributed by atoms with Gasteiger partial charge in [-0.2, -0.15) is 0 Å². The maximum Gasteiger partial charge on any atom is 0.147 e. The topological polar surface area (TPSA) is 37.8 Å². The first kappa shape index (κ1) is 9.96. The Morgan fingerprint density at radius 2 is 2.08 bits per heavy atom. The SMILES string of the molecule is CCC(C)Cc1nccnc1NC. The van der Waals surface area contributed by atoms with E-state index in [1.165, 1.54) is 6.42 Å². The molecular weight excluding hydrogens is 162 g/mol. The normalized spacial score (nSPS) is 12.5. The number of nitrogens with zero attached hydrogens (tertiary/aromatic N) is 2. The van der Waals surface area contributed by atoms with Gasteiger partial charge in [0.15, 0.2) is 0 Å². The van der Waals surface area contributed by atoms with Crippen LogP contribution in [0.5, 0.6) is 0 Å². The predicted octanol–water partition coefficient (Wildman–Crippen LogP) is 2.11. The van der Waals surface area contributed by atoms with Crippen LogP contribution in [0, 0.1) is 5.92 Å². The maximum atomic E-state index is 4.31. The van der Waals surface area contributed by atoms with Crippen molar-refractivity contribution in [2.45, 2.75) is 26.7 Å². The third-order valence-electron chi connectivity index (χ3n) is 2.25. The van der Waals surface area contributed by atoms with Gasteiger partial charge >= 0.3 is 0 Å². The van der Waals surface area contributed by atoms with Crippen LogP contribution in [0.3, 0.4) is 0 Å². The van der Waals surface area contributed by atoms with E-state index in [9.17, 15) is 0 Å². The van der Waals surface area contributed by atoms with Gasteiger partial charge in [0, 0.05) is 19.4 Å². The van der Waals surface area contributed by atoms with E-state index in [2.05, 4.69) is 29.1 Å². The number of hydrogen-bond donors (Lipinski definition) is 1. The lowest BCUT2D eigenvalue weighted by molar-refractivity contribution is 0.552. The highest BCUT2D eigenvalue weighted by molar-refractivity contribution is 5.38. The molecule has 1 heterocycles. The van der Waals surface area contributed by atoms with Crippen molar-refractivity contribution in [1.29, 1.82) is 0 Å². The Kier molecular flexibility index (Phi) is 3.68. The standard InChI is InChI=1S/C10H17N3/c1-4-8(2)7-9-10(11-3)13-6-5-12-9/h5-6,8H,4,7H2,1-3H3,(H,11,13). The number of anilines is 1. The van der Waals surface area contributed by atoms with Gasteiger partial charge in [0.25, 0.3) is 0 Å². The molecule has 0 spiro atoms. The third-order valence-corrected chi connectivity index (χ3v) is 2.25. The lowest BCUT2D eigenvalue weighted by atomic mass is 10.0. The fourth-order valence-corrected chi connectivity index (χ4v) is 1.20. The molecule has 0 radical (unpaired) electrons. The molecule has 1 N–H and O–H groups in total. The van der Waals surface area contributed by atoms with Crippen molar-refractivity contribution in [1.82, 2.24) is 9.97 Å². The van der Waals surface area contributed by atoms with E-state index in [0.717, 1.165) is 17.9 Å². The lowest BCUT2D eigenvalue weighted by Gasteiger charge is -2.10. The first-order valence-electron chi connectivity index (χ1n) is 4.75. The zero-order chi connectivity index (χ0) is 9.68. The molecule has 0 bridgehead atoms. The molecule has 0 aromatic carbocycles. The highest BCUT2D eigenvalue weighted by atomic mass is 15.0. The van der Waals surface area contributed by atoms with Crippen molar-refractivity contribution in [3.05, 3.63) is 18.1 Å². The zero-order valence-electron chi connectivity index (χ0n) is 8.54. The molecule has 0 amide bonds. The fourth-order valence-electron chi connectivity index (χ4n) is 1.20. The summed E-state index contributed by atoms with van der Waals surface area (Å²) >= 11 is 0. The molecule has 1 atom stereocenters. The Morgan fingerprint density at radius 1 is 1.38 bits per heavy atom. The highest BCUT2D eigenvalue weighted by Gasteiger charge is 2.06. The molecule has 0 fully saturated rings. The molecule has 3 nitrogen and oxygen atoms in total. The van der Waals surface area contributed by atoms with E-state index in [4.69, 9.17) is 0 Å². The van der Waals surface area contributed by atoms with Gasteiger partial charge in [-0.05, 0) is 12.3 Å². The Balaban J connectivity index is 2.74. The molecule has 0 aliphatic heterocycles. The van der Waals surface area contributed by atoms with E-state index in [-0.39, 0.29) is 0 Å². The molecule has 3 heteroatoms. The van der Waals surface area contributed by atoms with Gasteiger partial charge < -0.3 is 5.32 Å². The molecule has 72 valence electrons. The van der Waals surface area contributed by atoms with Crippen LogP contribution in [-0.2, 0) is 6.42 Å².